The molecule has 1 fully saturated rings. The van der Waals surface area contributed by atoms with Crippen LogP contribution in [0, 0.1) is 5.82 Å². The first kappa shape index (κ1) is 19.5. The van der Waals surface area contributed by atoms with E-state index in [9.17, 15) is 9.18 Å². The Hall–Kier alpha value is -2.78. The molecule has 1 saturated heterocycles. The topological polar surface area (TPSA) is 81.9 Å². The van der Waals surface area contributed by atoms with Gasteiger partial charge in [-0.25, -0.2) is 4.39 Å². The van der Waals surface area contributed by atoms with Crippen LogP contribution in [0.3, 0.4) is 0 Å². The third-order valence-electron chi connectivity index (χ3n) is 4.53. The molecule has 1 aromatic carbocycles. The second-order valence-electron chi connectivity index (χ2n) is 6.56. The van der Waals surface area contributed by atoms with Crippen LogP contribution in [-0.2, 0) is 9.53 Å². The summed E-state index contributed by atoms with van der Waals surface area (Å²) in [5, 5.41) is 11.7. The molecule has 7 nitrogen and oxygen atoms in total. The molecule has 0 bridgehead atoms. The van der Waals surface area contributed by atoms with E-state index in [4.69, 9.17) is 4.74 Å². The number of ether oxygens (including phenoxy) is 1. The Morgan fingerprint density at radius 1 is 1.28 bits per heavy atom. The zero-order valence-corrected chi connectivity index (χ0v) is 16.4. The van der Waals surface area contributed by atoms with Gasteiger partial charge in [0.15, 0.2) is 11.0 Å². The second kappa shape index (κ2) is 9.15. The molecule has 1 aliphatic rings. The molecule has 1 aliphatic heterocycles. The van der Waals surface area contributed by atoms with E-state index in [1.165, 1.54) is 17.8 Å². The molecule has 4 rings (SSSR count). The lowest BCUT2D eigenvalue weighted by Gasteiger charge is -2.12. The number of amides is 1. The lowest BCUT2D eigenvalue weighted by molar-refractivity contribution is -0.119. The third kappa shape index (κ3) is 4.63. The number of rotatable bonds is 7. The lowest BCUT2D eigenvalue weighted by atomic mass is 10.2. The first-order valence-corrected chi connectivity index (χ1v) is 10.3. The van der Waals surface area contributed by atoms with E-state index < -0.39 is 5.82 Å². The van der Waals surface area contributed by atoms with E-state index in [2.05, 4.69) is 20.5 Å². The number of halogens is 1. The first-order valence-electron chi connectivity index (χ1n) is 9.34. The number of hydrogen-bond donors (Lipinski definition) is 1. The summed E-state index contributed by atoms with van der Waals surface area (Å²) in [6.07, 6.45) is 5.37. The van der Waals surface area contributed by atoms with Gasteiger partial charge in [0, 0.05) is 31.1 Å². The van der Waals surface area contributed by atoms with E-state index in [1.807, 2.05) is 6.07 Å². The standard InChI is InChI=1S/C20H20FN5O2S/c21-16-7-1-2-8-17(16)26-19(14-5-3-9-22-11-14)24-25-20(26)29-13-18(27)23-12-15-6-4-10-28-15/h1-3,5,7-9,11,15H,4,6,10,12-13H2,(H,23,27). The summed E-state index contributed by atoms with van der Waals surface area (Å²) in [6.45, 7) is 1.25. The summed E-state index contributed by atoms with van der Waals surface area (Å²) in [6, 6.07) is 10.0. The van der Waals surface area contributed by atoms with E-state index in [-0.39, 0.29) is 17.8 Å². The van der Waals surface area contributed by atoms with Gasteiger partial charge in [0.2, 0.25) is 5.91 Å². The predicted molar refractivity (Wildman–Crippen MR) is 107 cm³/mol. The minimum Gasteiger partial charge on any atom is -0.376 e. The Bertz CT molecular complexity index is 976. The van der Waals surface area contributed by atoms with E-state index in [0.717, 1.165) is 19.4 Å². The monoisotopic (exact) mass is 413 g/mol. The fraction of sp³-hybridized carbons (Fsp3) is 0.300. The molecule has 3 heterocycles. The number of carbonyl (C=O) groups is 1. The van der Waals surface area contributed by atoms with Gasteiger partial charge in [-0.2, -0.15) is 0 Å². The van der Waals surface area contributed by atoms with Crippen molar-refractivity contribution in [1.29, 1.82) is 0 Å². The van der Waals surface area contributed by atoms with Gasteiger partial charge in [-0.15, -0.1) is 10.2 Å². The SMILES string of the molecule is O=C(CSc1nnc(-c2cccnc2)n1-c1ccccc1F)NCC1CCCO1. The van der Waals surface area contributed by atoms with Crippen LogP contribution in [0.2, 0.25) is 0 Å². The molecule has 0 radical (unpaired) electrons. The maximum atomic E-state index is 14.5. The van der Waals surface area contributed by atoms with E-state index in [1.54, 1.807) is 41.2 Å². The second-order valence-corrected chi connectivity index (χ2v) is 7.50. The van der Waals surface area contributed by atoms with Crippen LogP contribution in [-0.4, -0.2) is 50.7 Å². The molecule has 3 aromatic rings. The highest BCUT2D eigenvalue weighted by Gasteiger charge is 2.20. The highest BCUT2D eigenvalue weighted by Crippen LogP contribution is 2.28. The van der Waals surface area contributed by atoms with Crippen LogP contribution in [0.25, 0.3) is 17.1 Å². The van der Waals surface area contributed by atoms with Crippen LogP contribution in [0.15, 0.2) is 53.9 Å². The molecule has 2 aromatic heterocycles. The van der Waals surface area contributed by atoms with Crippen LogP contribution >= 0.6 is 11.8 Å². The smallest absolute Gasteiger partial charge is 0.230 e. The highest BCUT2D eigenvalue weighted by molar-refractivity contribution is 7.99. The molecule has 9 heteroatoms. The summed E-state index contributed by atoms with van der Waals surface area (Å²) in [4.78, 5) is 16.3. The highest BCUT2D eigenvalue weighted by atomic mass is 32.2. The normalized spacial score (nSPS) is 16.1. The zero-order valence-electron chi connectivity index (χ0n) is 15.6. The Kier molecular flexibility index (Phi) is 6.16. The summed E-state index contributed by atoms with van der Waals surface area (Å²) in [5.41, 5.74) is 1.02. The lowest BCUT2D eigenvalue weighted by Crippen LogP contribution is -2.32. The van der Waals surface area contributed by atoms with Gasteiger partial charge in [-0.1, -0.05) is 23.9 Å². The number of nitrogens with one attached hydrogen (secondary N) is 1. The summed E-state index contributed by atoms with van der Waals surface area (Å²) in [7, 11) is 0. The molecule has 0 saturated carbocycles. The Balaban J connectivity index is 1.54. The molecular formula is C20H20FN5O2S. The van der Waals surface area contributed by atoms with Crippen molar-refractivity contribution < 1.29 is 13.9 Å². The van der Waals surface area contributed by atoms with Crippen LogP contribution < -0.4 is 5.32 Å². The van der Waals surface area contributed by atoms with Gasteiger partial charge < -0.3 is 10.1 Å². The number of benzene rings is 1. The first-order chi connectivity index (χ1) is 14.2. The number of carbonyl (C=O) groups excluding carboxylic acids is 1. The van der Waals surface area contributed by atoms with Crippen molar-refractivity contribution in [2.75, 3.05) is 18.9 Å². The number of hydrogen-bond acceptors (Lipinski definition) is 6. The van der Waals surface area contributed by atoms with Gasteiger partial charge >= 0.3 is 0 Å². The van der Waals surface area contributed by atoms with Gasteiger partial charge in [0.25, 0.3) is 0 Å². The minimum atomic E-state index is -0.401. The van der Waals surface area contributed by atoms with Crippen molar-refractivity contribution in [3.8, 4) is 17.1 Å². The molecule has 1 unspecified atom stereocenters. The fourth-order valence-electron chi connectivity index (χ4n) is 3.11. The zero-order chi connectivity index (χ0) is 20.1. The molecule has 0 aliphatic carbocycles. The van der Waals surface area contributed by atoms with Crippen molar-refractivity contribution in [2.45, 2.75) is 24.1 Å². The van der Waals surface area contributed by atoms with Crippen molar-refractivity contribution >= 4 is 17.7 Å². The summed E-state index contributed by atoms with van der Waals surface area (Å²) >= 11 is 1.21. The van der Waals surface area contributed by atoms with Gasteiger partial charge in [0.05, 0.1) is 17.5 Å². The van der Waals surface area contributed by atoms with Crippen LogP contribution in [0.1, 0.15) is 12.8 Å². The molecule has 1 amide bonds. The Morgan fingerprint density at radius 2 is 2.17 bits per heavy atom. The molecule has 1 atom stereocenters. The van der Waals surface area contributed by atoms with E-state index in [0.29, 0.717) is 28.8 Å². The largest absolute Gasteiger partial charge is 0.376 e. The van der Waals surface area contributed by atoms with E-state index >= 15 is 0 Å². The number of aromatic nitrogens is 4. The molecular weight excluding hydrogens is 393 g/mol. The Labute approximate surface area is 171 Å². The average molecular weight is 413 g/mol. The molecule has 0 spiro atoms. The quantitative estimate of drug-likeness (QED) is 0.600. The Morgan fingerprint density at radius 3 is 2.93 bits per heavy atom. The van der Waals surface area contributed by atoms with Gasteiger partial charge in [-0.05, 0) is 37.1 Å². The van der Waals surface area contributed by atoms with Crippen molar-refractivity contribution in [3.05, 3.63) is 54.6 Å². The average Bonchev–Trinajstić information content (AvgIpc) is 3.42. The third-order valence-corrected chi connectivity index (χ3v) is 5.46. The van der Waals surface area contributed by atoms with Crippen molar-refractivity contribution in [1.82, 2.24) is 25.1 Å². The number of thioether (sulfide) groups is 1. The van der Waals surface area contributed by atoms with Crippen molar-refractivity contribution in [3.63, 3.8) is 0 Å². The molecule has 150 valence electrons. The predicted octanol–water partition coefficient (Wildman–Crippen LogP) is 2.86. The fourth-order valence-corrected chi connectivity index (χ4v) is 3.88. The summed E-state index contributed by atoms with van der Waals surface area (Å²) in [5.74, 6) is 0.0795. The number of nitrogens with zero attached hydrogens (tertiary/aromatic N) is 4. The maximum Gasteiger partial charge on any atom is 0.230 e. The molecule has 1 N–H and O–H groups in total. The minimum absolute atomic E-state index is 0.0863. The number of pyridine rings is 1. The summed E-state index contributed by atoms with van der Waals surface area (Å²) < 4.78 is 21.7. The van der Waals surface area contributed by atoms with Gasteiger partial charge in [-0.3, -0.25) is 14.3 Å². The van der Waals surface area contributed by atoms with Crippen LogP contribution in [0.4, 0.5) is 4.39 Å². The van der Waals surface area contributed by atoms with Crippen molar-refractivity contribution in [2.24, 2.45) is 0 Å². The number of para-hydroxylation sites is 1. The van der Waals surface area contributed by atoms with Gasteiger partial charge in [0.1, 0.15) is 5.82 Å². The maximum absolute atomic E-state index is 14.5. The molecule has 29 heavy (non-hydrogen) atoms. The van der Waals surface area contributed by atoms with Crippen LogP contribution in [0.5, 0.6) is 0 Å².